The van der Waals surface area contributed by atoms with Gasteiger partial charge >= 0.3 is 0 Å². The molecule has 0 aromatic rings. The molecule has 0 atom stereocenters. The van der Waals surface area contributed by atoms with Crippen LogP contribution in [0.15, 0.2) is 11.6 Å². The van der Waals surface area contributed by atoms with E-state index in [-0.39, 0.29) is 0 Å². The molecule has 0 bridgehead atoms. The Balaban J connectivity index is 3.75. The van der Waals surface area contributed by atoms with Gasteiger partial charge in [0, 0.05) is 13.1 Å². The standard InChI is InChI=1S/C10H21NO/c1-9(2)6-7-11(5)8-10(3,4)12/h6,12H,7-8H2,1-5H3. The van der Waals surface area contributed by atoms with Gasteiger partial charge in [-0.3, -0.25) is 4.90 Å². The van der Waals surface area contributed by atoms with Crippen molar-refractivity contribution in [2.75, 3.05) is 20.1 Å². The Hall–Kier alpha value is -0.340. The summed E-state index contributed by atoms with van der Waals surface area (Å²) < 4.78 is 0. The third-order valence-electron chi connectivity index (χ3n) is 1.47. The number of nitrogens with zero attached hydrogens (tertiary/aromatic N) is 1. The summed E-state index contributed by atoms with van der Waals surface area (Å²) in [6.45, 7) is 9.43. The van der Waals surface area contributed by atoms with Crippen LogP contribution in [0, 0.1) is 0 Å². The molecule has 0 radical (unpaired) electrons. The maximum Gasteiger partial charge on any atom is 0.0718 e. The molecule has 0 saturated heterocycles. The third-order valence-corrected chi connectivity index (χ3v) is 1.47. The van der Waals surface area contributed by atoms with E-state index >= 15 is 0 Å². The van der Waals surface area contributed by atoms with Gasteiger partial charge in [0.15, 0.2) is 0 Å². The van der Waals surface area contributed by atoms with E-state index in [1.54, 1.807) is 0 Å². The lowest BCUT2D eigenvalue weighted by Crippen LogP contribution is -2.36. The highest BCUT2D eigenvalue weighted by molar-refractivity contribution is 4.94. The van der Waals surface area contributed by atoms with Crippen molar-refractivity contribution in [2.24, 2.45) is 0 Å². The quantitative estimate of drug-likeness (QED) is 0.650. The molecule has 0 aliphatic rings. The van der Waals surface area contributed by atoms with Gasteiger partial charge in [0.25, 0.3) is 0 Å². The first kappa shape index (κ1) is 11.7. The number of aliphatic hydroxyl groups is 1. The van der Waals surface area contributed by atoms with Crippen molar-refractivity contribution in [2.45, 2.75) is 33.3 Å². The van der Waals surface area contributed by atoms with E-state index in [0.29, 0.717) is 6.54 Å². The molecule has 2 nitrogen and oxygen atoms in total. The van der Waals surface area contributed by atoms with Crippen LogP contribution in [0.25, 0.3) is 0 Å². The minimum Gasteiger partial charge on any atom is -0.389 e. The zero-order valence-electron chi connectivity index (χ0n) is 8.89. The molecule has 72 valence electrons. The van der Waals surface area contributed by atoms with Crippen LogP contribution in [0.1, 0.15) is 27.7 Å². The molecule has 0 aliphatic heterocycles. The summed E-state index contributed by atoms with van der Waals surface area (Å²) in [5.74, 6) is 0. The third kappa shape index (κ3) is 7.76. The molecular weight excluding hydrogens is 150 g/mol. The van der Waals surface area contributed by atoms with Gasteiger partial charge in [-0.15, -0.1) is 0 Å². The highest BCUT2D eigenvalue weighted by Crippen LogP contribution is 2.03. The van der Waals surface area contributed by atoms with Crippen LogP contribution < -0.4 is 0 Å². The predicted molar refractivity (Wildman–Crippen MR) is 53.2 cm³/mol. The molecule has 0 aromatic carbocycles. The first-order valence-corrected chi connectivity index (χ1v) is 4.35. The molecule has 0 aromatic heterocycles. The van der Waals surface area contributed by atoms with Gasteiger partial charge in [-0.05, 0) is 34.7 Å². The Morgan fingerprint density at radius 3 is 2.25 bits per heavy atom. The van der Waals surface area contributed by atoms with Crippen LogP contribution in [0.3, 0.4) is 0 Å². The molecule has 2 heteroatoms. The lowest BCUT2D eigenvalue weighted by Gasteiger charge is -2.24. The summed E-state index contributed by atoms with van der Waals surface area (Å²) in [4.78, 5) is 2.10. The fraction of sp³-hybridized carbons (Fsp3) is 0.800. The Bertz CT molecular complexity index is 152. The molecule has 0 spiro atoms. The minimum atomic E-state index is -0.593. The summed E-state index contributed by atoms with van der Waals surface area (Å²) in [5, 5.41) is 9.49. The fourth-order valence-electron chi connectivity index (χ4n) is 1.06. The van der Waals surface area contributed by atoms with Gasteiger partial charge in [-0.2, -0.15) is 0 Å². The van der Waals surface area contributed by atoms with Crippen LogP contribution in [0.4, 0.5) is 0 Å². The van der Waals surface area contributed by atoms with E-state index in [1.807, 2.05) is 20.9 Å². The minimum absolute atomic E-state index is 0.593. The van der Waals surface area contributed by atoms with Crippen LogP contribution in [-0.2, 0) is 0 Å². The average Bonchev–Trinajstić information content (AvgIpc) is 1.79. The number of hydrogen-bond acceptors (Lipinski definition) is 2. The molecule has 12 heavy (non-hydrogen) atoms. The second-order valence-corrected chi connectivity index (χ2v) is 4.29. The van der Waals surface area contributed by atoms with E-state index in [9.17, 15) is 5.11 Å². The summed E-state index contributed by atoms with van der Waals surface area (Å²) in [5.41, 5.74) is 0.724. The number of allylic oxidation sites excluding steroid dienone is 1. The lowest BCUT2D eigenvalue weighted by molar-refractivity contribution is 0.0479. The maximum atomic E-state index is 9.49. The lowest BCUT2D eigenvalue weighted by atomic mass is 10.1. The first-order chi connectivity index (χ1) is 5.31. The molecule has 0 rings (SSSR count). The first-order valence-electron chi connectivity index (χ1n) is 4.35. The van der Waals surface area contributed by atoms with Crippen LogP contribution in [-0.4, -0.2) is 35.7 Å². The number of likely N-dealkylation sites (N-methyl/N-ethyl adjacent to an activating group) is 1. The van der Waals surface area contributed by atoms with Crippen molar-refractivity contribution < 1.29 is 5.11 Å². The SMILES string of the molecule is CC(C)=CCN(C)CC(C)(C)O. The Kier molecular flexibility index (Phi) is 4.50. The molecule has 0 unspecified atom stereocenters. The summed E-state index contributed by atoms with van der Waals surface area (Å²) in [6, 6.07) is 0. The smallest absolute Gasteiger partial charge is 0.0718 e. The van der Waals surface area contributed by atoms with E-state index in [4.69, 9.17) is 0 Å². The maximum absolute atomic E-state index is 9.49. The largest absolute Gasteiger partial charge is 0.389 e. The zero-order valence-corrected chi connectivity index (χ0v) is 8.89. The van der Waals surface area contributed by atoms with Crippen molar-refractivity contribution in [1.82, 2.24) is 4.90 Å². The van der Waals surface area contributed by atoms with E-state index in [1.165, 1.54) is 5.57 Å². The van der Waals surface area contributed by atoms with E-state index in [0.717, 1.165) is 6.54 Å². The van der Waals surface area contributed by atoms with Gasteiger partial charge < -0.3 is 5.11 Å². The van der Waals surface area contributed by atoms with Gasteiger partial charge in [0.05, 0.1) is 5.60 Å². The summed E-state index contributed by atoms with van der Waals surface area (Å²) in [7, 11) is 2.01. The average molecular weight is 171 g/mol. The topological polar surface area (TPSA) is 23.5 Å². The number of rotatable bonds is 4. The van der Waals surface area contributed by atoms with Crippen LogP contribution in [0.5, 0.6) is 0 Å². The van der Waals surface area contributed by atoms with Crippen molar-refractivity contribution in [1.29, 1.82) is 0 Å². The second kappa shape index (κ2) is 4.63. The van der Waals surface area contributed by atoms with Gasteiger partial charge in [0.1, 0.15) is 0 Å². The van der Waals surface area contributed by atoms with Gasteiger partial charge in [-0.25, -0.2) is 0 Å². The molecule has 1 N–H and O–H groups in total. The van der Waals surface area contributed by atoms with E-state index < -0.39 is 5.60 Å². The monoisotopic (exact) mass is 171 g/mol. The highest BCUT2D eigenvalue weighted by atomic mass is 16.3. The molecular formula is C10H21NO. The molecule has 0 amide bonds. The van der Waals surface area contributed by atoms with Crippen molar-refractivity contribution in [3.05, 3.63) is 11.6 Å². The highest BCUT2D eigenvalue weighted by Gasteiger charge is 2.14. The fourth-order valence-corrected chi connectivity index (χ4v) is 1.06. The van der Waals surface area contributed by atoms with Crippen LogP contribution in [0.2, 0.25) is 0 Å². The zero-order chi connectivity index (χ0) is 9.78. The van der Waals surface area contributed by atoms with Gasteiger partial charge in [-0.1, -0.05) is 11.6 Å². The van der Waals surface area contributed by atoms with Gasteiger partial charge in [0.2, 0.25) is 0 Å². The molecule has 0 heterocycles. The summed E-state index contributed by atoms with van der Waals surface area (Å²) in [6.07, 6.45) is 2.16. The normalized spacial score (nSPS) is 11.9. The Morgan fingerprint density at radius 1 is 1.42 bits per heavy atom. The Labute approximate surface area is 75.9 Å². The van der Waals surface area contributed by atoms with E-state index in [2.05, 4.69) is 24.8 Å². The van der Waals surface area contributed by atoms with Crippen molar-refractivity contribution in [3.63, 3.8) is 0 Å². The number of hydrogen-bond donors (Lipinski definition) is 1. The van der Waals surface area contributed by atoms with Crippen molar-refractivity contribution in [3.8, 4) is 0 Å². The molecule has 0 aliphatic carbocycles. The predicted octanol–water partition coefficient (Wildman–Crippen LogP) is 1.66. The molecule has 0 saturated carbocycles. The molecule has 0 fully saturated rings. The van der Waals surface area contributed by atoms with Crippen LogP contribution >= 0.6 is 0 Å². The second-order valence-electron chi connectivity index (χ2n) is 4.29. The summed E-state index contributed by atoms with van der Waals surface area (Å²) >= 11 is 0. The Morgan fingerprint density at radius 2 is 1.92 bits per heavy atom. The van der Waals surface area contributed by atoms with Crippen molar-refractivity contribution >= 4 is 0 Å².